The summed E-state index contributed by atoms with van der Waals surface area (Å²) in [7, 11) is 0. The Labute approximate surface area is 107 Å². The molecule has 0 bridgehead atoms. The lowest BCUT2D eigenvalue weighted by molar-refractivity contribution is -0.119. The Balaban J connectivity index is 2.19. The number of rotatable bonds is 2. The maximum atomic E-state index is 12.0. The highest BCUT2D eigenvalue weighted by Gasteiger charge is 2.23. The Kier molecular flexibility index (Phi) is 3.57. The van der Waals surface area contributed by atoms with Crippen LogP contribution >= 0.6 is 11.6 Å². The third-order valence-electron chi connectivity index (χ3n) is 2.91. The summed E-state index contributed by atoms with van der Waals surface area (Å²) in [6.07, 6.45) is 0.889. The van der Waals surface area contributed by atoms with Crippen LogP contribution in [0.5, 0.6) is 0 Å². The van der Waals surface area contributed by atoms with E-state index in [4.69, 9.17) is 11.6 Å². The summed E-state index contributed by atoms with van der Waals surface area (Å²) in [6, 6.07) is 5.46. The first-order valence-electron chi connectivity index (χ1n) is 5.90. The Bertz CT molecular complexity index is 431. The van der Waals surface area contributed by atoms with Gasteiger partial charge in [-0.1, -0.05) is 25.4 Å². The maximum Gasteiger partial charge on any atom is 0.229 e. The van der Waals surface area contributed by atoms with Gasteiger partial charge in [-0.05, 0) is 30.5 Å². The van der Waals surface area contributed by atoms with Crippen molar-refractivity contribution in [3.05, 3.63) is 23.2 Å². The minimum absolute atomic E-state index is 0.0150. The molecule has 2 N–H and O–H groups in total. The lowest BCUT2D eigenvalue weighted by Crippen LogP contribution is -2.27. The molecule has 0 spiro atoms. The molecule has 3 nitrogen and oxygen atoms in total. The minimum Gasteiger partial charge on any atom is -0.383 e. The Hall–Kier alpha value is -1.22. The second kappa shape index (κ2) is 4.96. The van der Waals surface area contributed by atoms with Crippen LogP contribution < -0.4 is 10.6 Å². The van der Waals surface area contributed by atoms with Crippen molar-refractivity contribution >= 4 is 28.9 Å². The van der Waals surface area contributed by atoms with Crippen molar-refractivity contribution in [1.82, 2.24) is 0 Å². The van der Waals surface area contributed by atoms with Crippen molar-refractivity contribution in [2.75, 3.05) is 17.2 Å². The van der Waals surface area contributed by atoms with Crippen LogP contribution in [0.2, 0.25) is 5.02 Å². The first-order chi connectivity index (χ1) is 8.06. The quantitative estimate of drug-likeness (QED) is 0.847. The summed E-state index contributed by atoms with van der Waals surface area (Å²) < 4.78 is 0. The summed E-state index contributed by atoms with van der Waals surface area (Å²) in [5, 5.41) is 6.90. The van der Waals surface area contributed by atoms with Gasteiger partial charge in [0.2, 0.25) is 5.91 Å². The van der Waals surface area contributed by atoms with Gasteiger partial charge in [-0.25, -0.2) is 0 Å². The van der Waals surface area contributed by atoms with Crippen LogP contribution in [-0.2, 0) is 4.79 Å². The SMILES string of the molecule is CC(C)CC1CNc2cc(Cl)ccc2NC1=O. The second-order valence-corrected chi connectivity index (χ2v) is 5.32. The number of anilines is 2. The molecule has 1 heterocycles. The molecule has 1 aromatic carbocycles. The zero-order valence-electron chi connectivity index (χ0n) is 10.1. The highest BCUT2D eigenvalue weighted by atomic mass is 35.5. The van der Waals surface area contributed by atoms with Crippen molar-refractivity contribution in [3.8, 4) is 0 Å². The van der Waals surface area contributed by atoms with Gasteiger partial charge in [0.05, 0.1) is 17.3 Å². The van der Waals surface area contributed by atoms with Crippen molar-refractivity contribution in [3.63, 3.8) is 0 Å². The molecule has 1 unspecified atom stereocenters. The Morgan fingerprint density at radius 1 is 1.41 bits per heavy atom. The highest BCUT2D eigenvalue weighted by Crippen LogP contribution is 2.29. The Morgan fingerprint density at radius 3 is 2.88 bits per heavy atom. The molecule has 0 aromatic heterocycles. The highest BCUT2D eigenvalue weighted by molar-refractivity contribution is 6.31. The van der Waals surface area contributed by atoms with Gasteiger partial charge >= 0.3 is 0 Å². The summed E-state index contributed by atoms with van der Waals surface area (Å²) in [6.45, 7) is 4.92. The lowest BCUT2D eigenvalue weighted by atomic mass is 9.96. The fraction of sp³-hybridized carbons (Fsp3) is 0.462. The largest absolute Gasteiger partial charge is 0.383 e. The topological polar surface area (TPSA) is 41.1 Å². The second-order valence-electron chi connectivity index (χ2n) is 4.89. The molecule has 1 aliphatic rings. The molecule has 0 saturated heterocycles. The predicted octanol–water partition coefficient (Wildman–Crippen LogP) is 3.37. The number of benzene rings is 1. The van der Waals surface area contributed by atoms with Crippen molar-refractivity contribution in [2.45, 2.75) is 20.3 Å². The van der Waals surface area contributed by atoms with Crippen LogP contribution in [0.15, 0.2) is 18.2 Å². The number of nitrogens with one attached hydrogen (secondary N) is 2. The van der Waals surface area contributed by atoms with Crippen LogP contribution in [0.1, 0.15) is 20.3 Å². The number of carbonyl (C=O) groups excluding carboxylic acids is 1. The molecule has 1 amide bonds. The number of hydrogen-bond donors (Lipinski definition) is 2. The first-order valence-corrected chi connectivity index (χ1v) is 6.28. The lowest BCUT2D eigenvalue weighted by Gasteiger charge is -2.15. The fourth-order valence-electron chi connectivity index (χ4n) is 2.09. The molecule has 92 valence electrons. The van der Waals surface area contributed by atoms with Crippen LogP contribution in [0, 0.1) is 11.8 Å². The molecular formula is C13H17ClN2O. The van der Waals surface area contributed by atoms with E-state index < -0.39 is 0 Å². The van der Waals surface area contributed by atoms with Gasteiger partial charge in [0.25, 0.3) is 0 Å². The molecule has 0 fully saturated rings. The first kappa shape index (κ1) is 12.2. The monoisotopic (exact) mass is 252 g/mol. The zero-order valence-corrected chi connectivity index (χ0v) is 10.8. The van der Waals surface area contributed by atoms with Crippen LogP contribution in [0.3, 0.4) is 0 Å². The maximum absolute atomic E-state index is 12.0. The Morgan fingerprint density at radius 2 is 2.18 bits per heavy atom. The molecule has 1 aliphatic heterocycles. The zero-order chi connectivity index (χ0) is 12.4. The normalized spacial score (nSPS) is 19.3. The number of fused-ring (bicyclic) bond motifs is 1. The van der Waals surface area contributed by atoms with E-state index in [0.717, 1.165) is 17.8 Å². The van der Waals surface area contributed by atoms with Gasteiger partial charge in [0.15, 0.2) is 0 Å². The summed E-state index contributed by atoms with van der Waals surface area (Å²) in [4.78, 5) is 12.0. The molecule has 4 heteroatoms. The molecule has 17 heavy (non-hydrogen) atoms. The number of halogens is 1. The van der Waals surface area contributed by atoms with Crippen molar-refractivity contribution in [2.24, 2.45) is 11.8 Å². The van der Waals surface area contributed by atoms with Gasteiger partial charge in [0.1, 0.15) is 0 Å². The van der Waals surface area contributed by atoms with E-state index in [0.29, 0.717) is 17.5 Å². The van der Waals surface area contributed by atoms with Gasteiger partial charge in [-0.15, -0.1) is 0 Å². The third kappa shape index (κ3) is 2.91. The van der Waals surface area contributed by atoms with Gasteiger partial charge < -0.3 is 10.6 Å². The molecule has 1 atom stereocenters. The predicted molar refractivity (Wildman–Crippen MR) is 71.5 cm³/mol. The van der Waals surface area contributed by atoms with Gasteiger partial charge in [-0.2, -0.15) is 0 Å². The fourth-order valence-corrected chi connectivity index (χ4v) is 2.26. The number of hydrogen-bond acceptors (Lipinski definition) is 2. The van der Waals surface area contributed by atoms with Crippen LogP contribution in [0.25, 0.3) is 0 Å². The summed E-state index contributed by atoms with van der Waals surface area (Å²) in [5.41, 5.74) is 1.71. The molecule has 0 aliphatic carbocycles. The van der Waals surface area contributed by atoms with E-state index in [2.05, 4.69) is 24.5 Å². The van der Waals surface area contributed by atoms with Crippen LogP contribution in [0.4, 0.5) is 11.4 Å². The smallest absolute Gasteiger partial charge is 0.229 e. The van der Waals surface area contributed by atoms with E-state index in [-0.39, 0.29) is 11.8 Å². The average molecular weight is 253 g/mol. The average Bonchev–Trinajstić information content (AvgIpc) is 2.39. The van der Waals surface area contributed by atoms with E-state index in [1.165, 1.54) is 0 Å². The van der Waals surface area contributed by atoms with Crippen molar-refractivity contribution in [1.29, 1.82) is 0 Å². The molecule has 0 radical (unpaired) electrons. The van der Waals surface area contributed by atoms with Gasteiger partial charge in [-0.3, -0.25) is 4.79 Å². The van der Waals surface area contributed by atoms with E-state index in [1.807, 2.05) is 12.1 Å². The van der Waals surface area contributed by atoms with E-state index in [9.17, 15) is 4.79 Å². The summed E-state index contributed by atoms with van der Waals surface area (Å²) >= 11 is 5.93. The number of amides is 1. The van der Waals surface area contributed by atoms with Crippen molar-refractivity contribution < 1.29 is 4.79 Å². The van der Waals surface area contributed by atoms with E-state index >= 15 is 0 Å². The van der Waals surface area contributed by atoms with Crippen LogP contribution in [-0.4, -0.2) is 12.5 Å². The molecule has 0 saturated carbocycles. The van der Waals surface area contributed by atoms with Gasteiger partial charge in [0, 0.05) is 11.6 Å². The van der Waals surface area contributed by atoms with E-state index in [1.54, 1.807) is 6.07 Å². The molecule has 2 rings (SSSR count). The third-order valence-corrected chi connectivity index (χ3v) is 3.14. The molecular weight excluding hydrogens is 236 g/mol. The molecule has 1 aromatic rings. The summed E-state index contributed by atoms with van der Waals surface area (Å²) in [5.74, 6) is 0.616. The standard InChI is InChI=1S/C13H17ClN2O/c1-8(2)5-9-7-15-12-6-10(14)3-4-11(12)16-13(9)17/h3-4,6,8-9,15H,5,7H2,1-2H3,(H,16,17). The minimum atomic E-state index is 0.0150. The number of carbonyl (C=O) groups is 1.